The van der Waals surface area contributed by atoms with E-state index in [1.807, 2.05) is 32.0 Å². The quantitative estimate of drug-likeness (QED) is 0.542. The minimum Gasteiger partial charge on any atom is -0.483 e. The van der Waals surface area contributed by atoms with Gasteiger partial charge in [-0.15, -0.1) is 0 Å². The number of hydrogen-bond donors (Lipinski definition) is 2. The number of carbonyl (C=O) groups is 2. The lowest BCUT2D eigenvalue weighted by Gasteiger charge is -2.12. The van der Waals surface area contributed by atoms with Crippen LogP contribution in [0.2, 0.25) is 0 Å². The minimum absolute atomic E-state index is 0.123. The summed E-state index contributed by atoms with van der Waals surface area (Å²) in [6, 6.07) is 5.81. The Balaban J connectivity index is 2.20. The Morgan fingerprint density at radius 1 is 0.957 bits per heavy atom. The number of amides is 2. The Morgan fingerprint density at radius 2 is 1.57 bits per heavy atom. The fourth-order valence-electron chi connectivity index (χ4n) is 2.29. The second-order valence-corrected chi connectivity index (χ2v) is 5.77. The highest BCUT2D eigenvalue weighted by atomic mass is 16.5. The van der Waals surface area contributed by atoms with E-state index in [1.165, 1.54) is 12.8 Å². The van der Waals surface area contributed by atoms with Crippen molar-refractivity contribution in [2.45, 2.75) is 59.3 Å². The van der Waals surface area contributed by atoms with E-state index in [2.05, 4.69) is 17.8 Å². The van der Waals surface area contributed by atoms with E-state index in [-0.39, 0.29) is 18.4 Å². The monoisotopic (exact) mass is 320 g/mol. The fourth-order valence-corrected chi connectivity index (χ4v) is 2.29. The maximum atomic E-state index is 11.7. The standard InChI is InChI=1S/C18H28N2O3/c1-4-5-6-7-8-12-16(21)19-20-17(22)13-23-18-14(2)10-9-11-15(18)3/h9-11H,4-8,12-13H2,1-3H3,(H,19,21)(H,20,22). The molecule has 0 spiro atoms. The van der Waals surface area contributed by atoms with E-state index in [9.17, 15) is 9.59 Å². The zero-order chi connectivity index (χ0) is 17.1. The third-order valence-electron chi connectivity index (χ3n) is 3.61. The molecule has 0 aliphatic heterocycles. The molecule has 0 radical (unpaired) electrons. The zero-order valence-corrected chi connectivity index (χ0v) is 14.4. The first-order valence-corrected chi connectivity index (χ1v) is 8.31. The van der Waals surface area contributed by atoms with Gasteiger partial charge in [-0.25, -0.2) is 0 Å². The minimum atomic E-state index is -0.369. The second kappa shape index (κ2) is 10.6. The van der Waals surface area contributed by atoms with Gasteiger partial charge in [0.05, 0.1) is 0 Å². The van der Waals surface area contributed by atoms with Gasteiger partial charge in [-0.05, 0) is 31.4 Å². The summed E-state index contributed by atoms with van der Waals surface area (Å²) in [6.45, 7) is 5.90. The van der Waals surface area contributed by atoms with Crippen molar-refractivity contribution in [3.8, 4) is 5.75 Å². The van der Waals surface area contributed by atoms with Crippen molar-refractivity contribution in [2.24, 2.45) is 0 Å². The van der Waals surface area contributed by atoms with Crippen LogP contribution in [0.3, 0.4) is 0 Å². The summed E-state index contributed by atoms with van der Waals surface area (Å²) in [4.78, 5) is 23.3. The van der Waals surface area contributed by atoms with Crippen LogP contribution in [-0.2, 0) is 9.59 Å². The third kappa shape index (κ3) is 7.68. The lowest BCUT2D eigenvalue weighted by Crippen LogP contribution is -2.43. The van der Waals surface area contributed by atoms with E-state index < -0.39 is 0 Å². The molecular formula is C18H28N2O3. The first kappa shape index (κ1) is 19.0. The van der Waals surface area contributed by atoms with Crippen LogP contribution in [0.4, 0.5) is 0 Å². The first-order valence-electron chi connectivity index (χ1n) is 8.31. The van der Waals surface area contributed by atoms with Gasteiger partial charge in [0.1, 0.15) is 5.75 Å². The van der Waals surface area contributed by atoms with Gasteiger partial charge in [0, 0.05) is 6.42 Å². The molecule has 0 saturated carbocycles. The second-order valence-electron chi connectivity index (χ2n) is 5.77. The number of hydrazine groups is 1. The van der Waals surface area contributed by atoms with Gasteiger partial charge in [-0.2, -0.15) is 0 Å². The average molecular weight is 320 g/mol. The summed E-state index contributed by atoms with van der Waals surface area (Å²) in [5.74, 6) is 0.179. The van der Waals surface area contributed by atoms with Crippen molar-refractivity contribution in [1.29, 1.82) is 0 Å². The molecule has 0 aliphatic carbocycles. The van der Waals surface area contributed by atoms with Crippen LogP contribution < -0.4 is 15.6 Å². The summed E-state index contributed by atoms with van der Waals surface area (Å²) in [7, 11) is 0. The van der Waals surface area contributed by atoms with E-state index in [4.69, 9.17) is 4.74 Å². The Morgan fingerprint density at radius 3 is 2.22 bits per heavy atom. The summed E-state index contributed by atoms with van der Waals surface area (Å²) in [5.41, 5.74) is 6.76. The van der Waals surface area contributed by atoms with E-state index in [1.54, 1.807) is 0 Å². The molecule has 0 bridgehead atoms. The summed E-state index contributed by atoms with van der Waals surface area (Å²) in [6.07, 6.45) is 5.86. The lowest BCUT2D eigenvalue weighted by atomic mass is 10.1. The van der Waals surface area contributed by atoms with Gasteiger partial charge in [0.25, 0.3) is 5.91 Å². The van der Waals surface area contributed by atoms with Gasteiger partial charge in [-0.1, -0.05) is 50.8 Å². The number of hydrogen-bond acceptors (Lipinski definition) is 3. The topological polar surface area (TPSA) is 67.4 Å². The molecule has 0 aromatic heterocycles. The van der Waals surface area contributed by atoms with Crippen molar-refractivity contribution < 1.29 is 14.3 Å². The highest BCUT2D eigenvalue weighted by Gasteiger charge is 2.08. The number of unbranched alkanes of at least 4 members (excludes halogenated alkanes) is 4. The summed E-state index contributed by atoms with van der Waals surface area (Å²) < 4.78 is 5.52. The average Bonchev–Trinajstić information content (AvgIpc) is 2.52. The van der Waals surface area contributed by atoms with Crippen LogP contribution in [0.5, 0.6) is 5.75 Å². The number of carbonyl (C=O) groups excluding carboxylic acids is 2. The largest absolute Gasteiger partial charge is 0.483 e. The van der Waals surface area contributed by atoms with Crippen LogP contribution in [-0.4, -0.2) is 18.4 Å². The van der Waals surface area contributed by atoms with Crippen molar-refractivity contribution in [1.82, 2.24) is 10.9 Å². The molecule has 0 aliphatic rings. The summed E-state index contributed by atoms with van der Waals surface area (Å²) in [5, 5.41) is 0. The van der Waals surface area contributed by atoms with Crippen LogP contribution in [0.1, 0.15) is 56.6 Å². The Hall–Kier alpha value is -2.04. The molecule has 23 heavy (non-hydrogen) atoms. The normalized spacial score (nSPS) is 10.2. The maximum Gasteiger partial charge on any atom is 0.276 e. The molecule has 0 saturated heterocycles. The van der Waals surface area contributed by atoms with Crippen molar-refractivity contribution in [3.63, 3.8) is 0 Å². The zero-order valence-electron chi connectivity index (χ0n) is 14.4. The molecule has 5 heteroatoms. The molecule has 128 valence electrons. The Kier molecular flexibility index (Phi) is 8.80. The van der Waals surface area contributed by atoms with Crippen LogP contribution in [0.25, 0.3) is 0 Å². The first-order chi connectivity index (χ1) is 11.0. The number of para-hydroxylation sites is 1. The molecule has 2 amide bonds. The molecule has 1 aromatic carbocycles. The smallest absolute Gasteiger partial charge is 0.276 e. The molecule has 0 heterocycles. The molecular weight excluding hydrogens is 292 g/mol. The van der Waals surface area contributed by atoms with Crippen LogP contribution in [0.15, 0.2) is 18.2 Å². The van der Waals surface area contributed by atoms with Crippen molar-refractivity contribution in [2.75, 3.05) is 6.61 Å². The molecule has 0 unspecified atom stereocenters. The van der Waals surface area contributed by atoms with E-state index >= 15 is 0 Å². The third-order valence-corrected chi connectivity index (χ3v) is 3.61. The van der Waals surface area contributed by atoms with Gasteiger partial charge >= 0.3 is 0 Å². The van der Waals surface area contributed by atoms with Crippen LogP contribution >= 0.6 is 0 Å². The van der Waals surface area contributed by atoms with E-state index in [0.29, 0.717) is 12.2 Å². The summed E-state index contributed by atoms with van der Waals surface area (Å²) >= 11 is 0. The van der Waals surface area contributed by atoms with Crippen molar-refractivity contribution >= 4 is 11.8 Å². The van der Waals surface area contributed by atoms with Gasteiger partial charge in [0.2, 0.25) is 5.91 Å². The molecule has 1 rings (SSSR count). The molecule has 2 N–H and O–H groups in total. The molecule has 5 nitrogen and oxygen atoms in total. The molecule has 0 atom stereocenters. The fraction of sp³-hybridized carbons (Fsp3) is 0.556. The predicted molar refractivity (Wildman–Crippen MR) is 91.1 cm³/mol. The Labute approximate surface area is 138 Å². The number of ether oxygens (including phenoxy) is 1. The van der Waals surface area contributed by atoms with Gasteiger partial charge in [-0.3, -0.25) is 20.4 Å². The van der Waals surface area contributed by atoms with Crippen LogP contribution in [0, 0.1) is 13.8 Å². The lowest BCUT2D eigenvalue weighted by molar-refractivity contribution is -0.130. The number of nitrogens with one attached hydrogen (secondary N) is 2. The molecule has 0 fully saturated rings. The van der Waals surface area contributed by atoms with E-state index in [0.717, 1.165) is 30.4 Å². The van der Waals surface area contributed by atoms with Gasteiger partial charge in [0.15, 0.2) is 6.61 Å². The number of rotatable bonds is 9. The maximum absolute atomic E-state index is 11.7. The van der Waals surface area contributed by atoms with Gasteiger partial charge < -0.3 is 4.74 Å². The number of aryl methyl sites for hydroxylation is 2. The number of benzene rings is 1. The highest BCUT2D eigenvalue weighted by molar-refractivity contribution is 5.82. The molecule has 1 aromatic rings. The highest BCUT2D eigenvalue weighted by Crippen LogP contribution is 2.21. The Bertz CT molecular complexity index is 495. The predicted octanol–water partition coefficient (Wildman–Crippen LogP) is 3.19. The van der Waals surface area contributed by atoms with Crippen molar-refractivity contribution in [3.05, 3.63) is 29.3 Å². The SMILES string of the molecule is CCCCCCCC(=O)NNC(=O)COc1c(C)cccc1C.